The van der Waals surface area contributed by atoms with Crippen LogP contribution in [-0.4, -0.2) is 22.0 Å². The van der Waals surface area contributed by atoms with Gasteiger partial charge in [0.25, 0.3) is 0 Å². The van der Waals surface area contributed by atoms with Crippen LogP contribution in [0.2, 0.25) is 10.3 Å². The molecule has 0 bridgehead atoms. The van der Waals surface area contributed by atoms with Gasteiger partial charge >= 0.3 is 0 Å². The highest BCUT2D eigenvalue weighted by molar-refractivity contribution is 6.37. The molecular weight excluding hydrogens is 199 g/mol. The molecular formula is C6H8Cl2N4. The Kier molecular flexibility index (Phi) is 3.49. The van der Waals surface area contributed by atoms with Crippen LogP contribution in [0.1, 0.15) is 13.3 Å². The topological polar surface area (TPSA) is 50.7 Å². The van der Waals surface area contributed by atoms with Crippen molar-refractivity contribution < 1.29 is 0 Å². The Bertz CT molecular complexity index is 245. The Balaban J connectivity index is 2.81. The minimum absolute atomic E-state index is 0.253. The van der Waals surface area contributed by atoms with E-state index in [0.717, 1.165) is 13.0 Å². The fourth-order valence-electron chi connectivity index (χ4n) is 0.682. The molecule has 4 nitrogen and oxygen atoms in total. The van der Waals surface area contributed by atoms with Gasteiger partial charge in [0.1, 0.15) is 5.69 Å². The van der Waals surface area contributed by atoms with Gasteiger partial charge in [-0.15, -0.1) is 10.2 Å². The lowest BCUT2D eigenvalue weighted by molar-refractivity contribution is 0.861. The number of aromatic nitrogens is 3. The summed E-state index contributed by atoms with van der Waals surface area (Å²) in [6, 6.07) is 0. The molecule has 0 saturated carbocycles. The highest BCUT2D eigenvalue weighted by Crippen LogP contribution is 2.24. The Morgan fingerprint density at radius 3 is 2.33 bits per heavy atom. The van der Waals surface area contributed by atoms with E-state index in [1.165, 1.54) is 0 Å². The van der Waals surface area contributed by atoms with Crippen molar-refractivity contribution in [2.24, 2.45) is 0 Å². The first-order chi connectivity index (χ1) is 5.75. The van der Waals surface area contributed by atoms with Crippen molar-refractivity contribution >= 4 is 28.9 Å². The largest absolute Gasteiger partial charge is 0.380 e. The lowest BCUT2D eigenvalue weighted by atomic mass is 10.4. The molecule has 0 aliphatic heterocycles. The Morgan fingerprint density at radius 1 is 1.25 bits per heavy atom. The first-order valence-corrected chi connectivity index (χ1v) is 4.29. The standard InChI is InChI=1S/C6H8Cl2N4/c1-2-3-9-4-5(7)10-12-11-6(4)8/h2-3H2,1H3,(H,9,12). The highest BCUT2D eigenvalue weighted by atomic mass is 35.5. The fraction of sp³-hybridized carbons (Fsp3) is 0.500. The molecule has 0 saturated heterocycles. The van der Waals surface area contributed by atoms with Crippen molar-refractivity contribution in [2.45, 2.75) is 13.3 Å². The quantitative estimate of drug-likeness (QED) is 0.823. The second kappa shape index (κ2) is 4.42. The van der Waals surface area contributed by atoms with E-state index in [0.29, 0.717) is 5.69 Å². The van der Waals surface area contributed by atoms with Gasteiger partial charge in [0.2, 0.25) is 0 Å². The van der Waals surface area contributed by atoms with E-state index in [1.54, 1.807) is 0 Å². The van der Waals surface area contributed by atoms with Gasteiger partial charge < -0.3 is 5.32 Å². The fourth-order valence-corrected chi connectivity index (χ4v) is 1.11. The van der Waals surface area contributed by atoms with Gasteiger partial charge in [-0.3, -0.25) is 0 Å². The number of rotatable bonds is 3. The van der Waals surface area contributed by atoms with E-state index < -0.39 is 0 Å². The van der Waals surface area contributed by atoms with Crippen LogP contribution in [0.25, 0.3) is 0 Å². The van der Waals surface area contributed by atoms with Crippen LogP contribution in [-0.2, 0) is 0 Å². The summed E-state index contributed by atoms with van der Waals surface area (Å²) in [6.07, 6.45) is 0.981. The summed E-state index contributed by atoms with van der Waals surface area (Å²) in [5, 5.41) is 14.0. The molecule has 0 aliphatic carbocycles. The molecule has 1 N–H and O–H groups in total. The van der Waals surface area contributed by atoms with Gasteiger partial charge in [-0.2, -0.15) is 0 Å². The van der Waals surface area contributed by atoms with Crippen molar-refractivity contribution in [3.8, 4) is 0 Å². The van der Waals surface area contributed by atoms with Crippen molar-refractivity contribution in [2.75, 3.05) is 11.9 Å². The maximum Gasteiger partial charge on any atom is 0.179 e. The molecule has 0 unspecified atom stereocenters. The average molecular weight is 207 g/mol. The van der Waals surface area contributed by atoms with Gasteiger partial charge in [0.05, 0.1) is 0 Å². The molecule has 0 fully saturated rings. The molecule has 66 valence electrons. The van der Waals surface area contributed by atoms with Crippen LogP contribution in [0.3, 0.4) is 0 Å². The van der Waals surface area contributed by atoms with Crippen molar-refractivity contribution in [3.63, 3.8) is 0 Å². The maximum absolute atomic E-state index is 5.70. The summed E-state index contributed by atoms with van der Waals surface area (Å²) >= 11 is 11.4. The zero-order chi connectivity index (χ0) is 8.97. The second-order valence-electron chi connectivity index (χ2n) is 2.17. The zero-order valence-electron chi connectivity index (χ0n) is 6.51. The van der Waals surface area contributed by atoms with Crippen LogP contribution in [0.4, 0.5) is 5.69 Å². The molecule has 0 aromatic carbocycles. The first kappa shape index (κ1) is 9.48. The van der Waals surface area contributed by atoms with Crippen LogP contribution in [0.15, 0.2) is 0 Å². The third kappa shape index (κ3) is 2.19. The third-order valence-electron chi connectivity index (χ3n) is 1.23. The molecule has 12 heavy (non-hydrogen) atoms. The van der Waals surface area contributed by atoms with Gasteiger partial charge in [0.15, 0.2) is 10.3 Å². The number of hydrogen-bond donors (Lipinski definition) is 1. The Labute approximate surface area is 80.3 Å². The van der Waals surface area contributed by atoms with Crippen LogP contribution in [0.5, 0.6) is 0 Å². The third-order valence-corrected chi connectivity index (χ3v) is 1.76. The molecule has 1 aromatic heterocycles. The van der Waals surface area contributed by atoms with Crippen LogP contribution in [0, 0.1) is 0 Å². The van der Waals surface area contributed by atoms with Gasteiger partial charge in [-0.25, -0.2) is 0 Å². The monoisotopic (exact) mass is 206 g/mol. The summed E-state index contributed by atoms with van der Waals surface area (Å²) in [7, 11) is 0. The molecule has 1 heterocycles. The molecule has 0 amide bonds. The van der Waals surface area contributed by atoms with E-state index >= 15 is 0 Å². The summed E-state index contributed by atoms with van der Waals surface area (Å²) in [5.41, 5.74) is 0.551. The highest BCUT2D eigenvalue weighted by Gasteiger charge is 2.06. The molecule has 0 aliphatic rings. The first-order valence-electron chi connectivity index (χ1n) is 3.54. The smallest absolute Gasteiger partial charge is 0.179 e. The van der Waals surface area contributed by atoms with Crippen LogP contribution < -0.4 is 5.32 Å². The molecule has 0 radical (unpaired) electrons. The molecule has 1 rings (SSSR count). The number of hydrogen-bond acceptors (Lipinski definition) is 4. The van der Waals surface area contributed by atoms with Gasteiger partial charge in [-0.05, 0) is 11.6 Å². The normalized spacial score (nSPS) is 9.92. The molecule has 1 aromatic rings. The lowest BCUT2D eigenvalue weighted by Crippen LogP contribution is -2.04. The van der Waals surface area contributed by atoms with Crippen LogP contribution >= 0.6 is 23.2 Å². The zero-order valence-corrected chi connectivity index (χ0v) is 8.02. The van der Waals surface area contributed by atoms with E-state index in [-0.39, 0.29) is 10.3 Å². The summed E-state index contributed by atoms with van der Waals surface area (Å²) in [6.45, 7) is 2.82. The Hall–Kier alpha value is -0.610. The van der Waals surface area contributed by atoms with E-state index in [2.05, 4.69) is 20.7 Å². The maximum atomic E-state index is 5.70. The predicted molar refractivity (Wildman–Crippen MR) is 48.6 cm³/mol. The SMILES string of the molecule is CCCNc1c(Cl)nnnc1Cl. The van der Waals surface area contributed by atoms with Crippen molar-refractivity contribution in [1.82, 2.24) is 15.4 Å². The lowest BCUT2D eigenvalue weighted by Gasteiger charge is -2.05. The van der Waals surface area contributed by atoms with Gasteiger partial charge in [-0.1, -0.05) is 30.1 Å². The van der Waals surface area contributed by atoms with E-state index in [4.69, 9.17) is 23.2 Å². The molecule has 6 heteroatoms. The van der Waals surface area contributed by atoms with Crippen molar-refractivity contribution in [1.29, 1.82) is 0 Å². The summed E-state index contributed by atoms with van der Waals surface area (Å²) in [5.74, 6) is 0. The molecule has 0 atom stereocenters. The van der Waals surface area contributed by atoms with E-state index in [1.807, 2.05) is 6.92 Å². The van der Waals surface area contributed by atoms with Gasteiger partial charge in [0, 0.05) is 6.54 Å². The average Bonchev–Trinajstić information content (AvgIpc) is 2.04. The second-order valence-corrected chi connectivity index (χ2v) is 2.89. The predicted octanol–water partition coefficient (Wildman–Crippen LogP) is 2.00. The van der Waals surface area contributed by atoms with E-state index in [9.17, 15) is 0 Å². The number of nitrogens with zero attached hydrogens (tertiary/aromatic N) is 3. The minimum atomic E-state index is 0.253. The number of anilines is 1. The minimum Gasteiger partial charge on any atom is -0.380 e. The number of nitrogens with one attached hydrogen (secondary N) is 1. The number of halogens is 2. The Morgan fingerprint density at radius 2 is 1.83 bits per heavy atom. The molecule has 0 spiro atoms. The van der Waals surface area contributed by atoms with Crippen molar-refractivity contribution in [3.05, 3.63) is 10.3 Å². The summed E-state index contributed by atoms with van der Waals surface area (Å²) < 4.78 is 0. The summed E-state index contributed by atoms with van der Waals surface area (Å²) in [4.78, 5) is 0.